The number of aromatic nitrogens is 2. The highest BCUT2D eigenvalue weighted by Gasteiger charge is 2.33. The lowest BCUT2D eigenvalue weighted by Gasteiger charge is -2.20. The van der Waals surface area contributed by atoms with E-state index in [1.165, 1.54) is 23.7 Å². The van der Waals surface area contributed by atoms with Crippen LogP contribution in [0.2, 0.25) is 0 Å². The van der Waals surface area contributed by atoms with E-state index in [4.69, 9.17) is 0 Å². The third-order valence-electron chi connectivity index (χ3n) is 2.93. The Hall–Kier alpha value is -1.67. The molecule has 0 saturated heterocycles. The molecule has 2 aromatic rings. The molecular weight excluding hydrogens is 303 g/mol. The summed E-state index contributed by atoms with van der Waals surface area (Å²) in [6.45, 7) is 1.92. The second-order valence-corrected chi connectivity index (χ2v) is 5.03. The maximum absolute atomic E-state index is 12.5. The summed E-state index contributed by atoms with van der Waals surface area (Å²) in [6.07, 6.45) is -4.07. The molecule has 0 fully saturated rings. The summed E-state index contributed by atoms with van der Waals surface area (Å²) in [6, 6.07) is 5.62. The Bertz CT molecular complexity index is 600. The molecule has 0 aliphatic heterocycles. The van der Waals surface area contributed by atoms with E-state index in [2.05, 4.69) is 19.6 Å². The van der Waals surface area contributed by atoms with Crippen LogP contribution in [0.15, 0.2) is 24.3 Å². The van der Waals surface area contributed by atoms with Gasteiger partial charge in [0, 0.05) is 5.56 Å². The SMILES string of the molecule is CCc1nnsc1C(NC)c1ccccc1OC(F)(F)F. The number of para-hydroxylation sites is 1. The molecule has 0 amide bonds. The third kappa shape index (κ3) is 3.70. The van der Waals surface area contributed by atoms with Crippen LogP contribution in [-0.2, 0) is 6.42 Å². The quantitative estimate of drug-likeness (QED) is 0.919. The number of ether oxygens (including phenoxy) is 1. The summed E-state index contributed by atoms with van der Waals surface area (Å²) in [7, 11) is 1.67. The first-order valence-corrected chi connectivity index (χ1v) is 7.06. The summed E-state index contributed by atoms with van der Waals surface area (Å²) >= 11 is 1.17. The highest BCUT2D eigenvalue weighted by atomic mass is 32.1. The van der Waals surface area contributed by atoms with E-state index in [9.17, 15) is 13.2 Å². The molecule has 1 atom stereocenters. The van der Waals surface area contributed by atoms with E-state index in [1.807, 2.05) is 6.92 Å². The molecule has 4 nitrogen and oxygen atoms in total. The molecule has 1 heterocycles. The van der Waals surface area contributed by atoms with Crippen molar-refractivity contribution >= 4 is 11.5 Å². The van der Waals surface area contributed by atoms with Gasteiger partial charge in [-0.1, -0.05) is 29.6 Å². The second kappa shape index (κ2) is 6.40. The van der Waals surface area contributed by atoms with Gasteiger partial charge in [-0.25, -0.2) is 0 Å². The number of alkyl halides is 3. The Kier molecular flexibility index (Phi) is 4.79. The molecule has 1 aromatic heterocycles. The number of rotatable bonds is 5. The number of hydrogen-bond donors (Lipinski definition) is 1. The zero-order valence-corrected chi connectivity index (χ0v) is 12.3. The molecular formula is C13H14F3N3OS. The van der Waals surface area contributed by atoms with Crippen LogP contribution in [0, 0.1) is 0 Å². The molecule has 1 N–H and O–H groups in total. The van der Waals surface area contributed by atoms with Crippen LogP contribution < -0.4 is 10.1 Å². The molecule has 114 valence electrons. The second-order valence-electron chi connectivity index (χ2n) is 4.24. The van der Waals surface area contributed by atoms with Crippen LogP contribution in [0.4, 0.5) is 13.2 Å². The minimum absolute atomic E-state index is 0.222. The van der Waals surface area contributed by atoms with E-state index >= 15 is 0 Å². The monoisotopic (exact) mass is 317 g/mol. The van der Waals surface area contributed by atoms with Gasteiger partial charge in [-0.05, 0) is 31.1 Å². The Balaban J connectivity index is 2.43. The summed E-state index contributed by atoms with van der Waals surface area (Å²) in [5, 5.41) is 7.00. The number of hydrogen-bond acceptors (Lipinski definition) is 5. The predicted molar refractivity (Wildman–Crippen MR) is 73.3 cm³/mol. The molecule has 8 heteroatoms. The Labute approximate surface area is 124 Å². The fraction of sp³-hybridized carbons (Fsp3) is 0.385. The van der Waals surface area contributed by atoms with Crippen LogP contribution in [0.1, 0.15) is 29.1 Å². The maximum Gasteiger partial charge on any atom is 0.573 e. The molecule has 21 heavy (non-hydrogen) atoms. The normalized spacial score (nSPS) is 13.2. The number of nitrogens with zero attached hydrogens (tertiary/aromatic N) is 2. The lowest BCUT2D eigenvalue weighted by atomic mass is 10.0. The average molecular weight is 317 g/mol. The first kappa shape index (κ1) is 15.7. The number of halogens is 3. The first-order chi connectivity index (χ1) is 9.96. The highest BCUT2D eigenvalue weighted by Crippen LogP contribution is 2.35. The zero-order chi connectivity index (χ0) is 15.5. The van der Waals surface area contributed by atoms with Gasteiger partial charge in [0.2, 0.25) is 0 Å². The Morgan fingerprint density at radius 2 is 2.05 bits per heavy atom. The van der Waals surface area contributed by atoms with Gasteiger partial charge >= 0.3 is 6.36 Å². The molecule has 1 aromatic carbocycles. The van der Waals surface area contributed by atoms with Crippen LogP contribution in [-0.4, -0.2) is 23.0 Å². The lowest BCUT2D eigenvalue weighted by molar-refractivity contribution is -0.275. The van der Waals surface area contributed by atoms with Crippen molar-refractivity contribution < 1.29 is 17.9 Å². The van der Waals surface area contributed by atoms with Crippen molar-refractivity contribution in [1.29, 1.82) is 0 Å². The Morgan fingerprint density at radius 1 is 1.33 bits per heavy atom. The lowest BCUT2D eigenvalue weighted by Crippen LogP contribution is -2.22. The topological polar surface area (TPSA) is 47.0 Å². The van der Waals surface area contributed by atoms with Gasteiger partial charge in [-0.15, -0.1) is 18.3 Å². The third-order valence-corrected chi connectivity index (χ3v) is 3.76. The van der Waals surface area contributed by atoms with Gasteiger partial charge in [0.25, 0.3) is 0 Å². The molecule has 1 unspecified atom stereocenters. The van der Waals surface area contributed by atoms with Crippen molar-refractivity contribution in [2.24, 2.45) is 0 Å². The summed E-state index contributed by atoms with van der Waals surface area (Å²) in [4.78, 5) is 0.790. The number of nitrogens with one attached hydrogen (secondary N) is 1. The van der Waals surface area contributed by atoms with E-state index < -0.39 is 12.4 Å². The van der Waals surface area contributed by atoms with Crippen molar-refractivity contribution in [3.05, 3.63) is 40.4 Å². The minimum Gasteiger partial charge on any atom is -0.405 e. The molecule has 0 aliphatic carbocycles. The maximum atomic E-state index is 12.5. The van der Waals surface area contributed by atoms with Gasteiger partial charge in [0.05, 0.1) is 16.6 Å². The van der Waals surface area contributed by atoms with Crippen molar-refractivity contribution in [2.75, 3.05) is 7.05 Å². The van der Waals surface area contributed by atoms with Crippen LogP contribution >= 0.6 is 11.5 Å². The van der Waals surface area contributed by atoms with E-state index in [-0.39, 0.29) is 5.75 Å². The summed E-state index contributed by atoms with van der Waals surface area (Å²) < 4.78 is 45.5. The van der Waals surface area contributed by atoms with E-state index in [1.54, 1.807) is 19.2 Å². The van der Waals surface area contributed by atoms with Gasteiger partial charge < -0.3 is 10.1 Å². The van der Waals surface area contributed by atoms with Gasteiger partial charge in [0.15, 0.2) is 0 Å². The molecule has 0 radical (unpaired) electrons. The highest BCUT2D eigenvalue weighted by molar-refractivity contribution is 7.05. The molecule has 0 saturated carbocycles. The largest absolute Gasteiger partial charge is 0.573 e. The van der Waals surface area contributed by atoms with Crippen molar-refractivity contribution in [2.45, 2.75) is 25.7 Å². The Morgan fingerprint density at radius 3 is 2.67 bits per heavy atom. The first-order valence-electron chi connectivity index (χ1n) is 6.29. The fourth-order valence-electron chi connectivity index (χ4n) is 2.04. The van der Waals surface area contributed by atoms with E-state index in [0.29, 0.717) is 12.0 Å². The molecule has 2 rings (SSSR count). The smallest absolute Gasteiger partial charge is 0.405 e. The predicted octanol–water partition coefficient (Wildman–Crippen LogP) is 3.31. The van der Waals surface area contributed by atoms with Gasteiger partial charge in [-0.2, -0.15) is 0 Å². The van der Waals surface area contributed by atoms with Crippen LogP contribution in [0.25, 0.3) is 0 Å². The number of benzene rings is 1. The van der Waals surface area contributed by atoms with Crippen LogP contribution in [0.3, 0.4) is 0 Å². The van der Waals surface area contributed by atoms with Gasteiger partial charge in [-0.3, -0.25) is 0 Å². The number of aryl methyl sites for hydroxylation is 1. The van der Waals surface area contributed by atoms with Crippen LogP contribution in [0.5, 0.6) is 5.75 Å². The average Bonchev–Trinajstić information content (AvgIpc) is 2.88. The molecule has 0 spiro atoms. The fourth-order valence-corrected chi connectivity index (χ4v) is 2.91. The molecule has 0 bridgehead atoms. The van der Waals surface area contributed by atoms with Crippen molar-refractivity contribution in [3.63, 3.8) is 0 Å². The van der Waals surface area contributed by atoms with Gasteiger partial charge in [0.1, 0.15) is 5.75 Å². The minimum atomic E-state index is -4.73. The summed E-state index contributed by atoms with van der Waals surface area (Å²) in [5.41, 5.74) is 1.17. The van der Waals surface area contributed by atoms with Crippen molar-refractivity contribution in [1.82, 2.24) is 14.9 Å². The van der Waals surface area contributed by atoms with Crippen molar-refractivity contribution in [3.8, 4) is 5.75 Å². The summed E-state index contributed by atoms with van der Waals surface area (Å²) in [5.74, 6) is -0.222. The van der Waals surface area contributed by atoms with E-state index in [0.717, 1.165) is 10.6 Å². The standard InChI is InChI=1S/C13H14F3N3OS/c1-3-9-12(21-19-18-9)11(17-2)8-6-4-5-7-10(8)20-13(14,15)16/h4-7,11,17H,3H2,1-2H3. The molecule has 0 aliphatic rings. The zero-order valence-electron chi connectivity index (χ0n) is 11.4.